The van der Waals surface area contributed by atoms with E-state index in [9.17, 15) is 4.79 Å². The fourth-order valence-corrected chi connectivity index (χ4v) is 3.50. The molecule has 0 spiro atoms. The molecule has 3 rings (SSSR count). The summed E-state index contributed by atoms with van der Waals surface area (Å²) in [4.78, 5) is 12.8. The number of nitrogens with zero attached hydrogens (tertiary/aromatic N) is 3. The van der Waals surface area contributed by atoms with Crippen molar-refractivity contribution in [2.45, 2.75) is 58.4 Å². The summed E-state index contributed by atoms with van der Waals surface area (Å²) >= 11 is 0. The number of carbonyl (C=O) groups is 1. The Bertz CT molecular complexity index is 739. The number of amides is 1. The summed E-state index contributed by atoms with van der Waals surface area (Å²) in [5.41, 5.74) is 3.58. The Morgan fingerprint density at radius 3 is 2.30 bits per heavy atom. The topological polar surface area (TPSA) is 71.8 Å². The highest BCUT2D eigenvalue weighted by atomic mass is 35.5. The van der Waals surface area contributed by atoms with Gasteiger partial charge in [0.25, 0.3) is 5.91 Å². The van der Waals surface area contributed by atoms with Crippen molar-refractivity contribution in [2.75, 3.05) is 18.4 Å². The van der Waals surface area contributed by atoms with Gasteiger partial charge in [0.05, 0.1) is 12.2 Å². The Hall–Kier alpha value is -1.92. The van der Waals surface area contributed by atoms with Crippen LogP contribution >= 0.6 is 12.4 Å². The smallest absolute Gasteiger partial charge is 0.277 e. The van der Waals surface area contributed by atoms with Crippen LogP contribution in [-0.4, -0.2) is 34.0 Å². The monoisotopic (exact) mass is 391 g/mol. The second-order valence-corrected chi connectivity index (χ2v) is 7.64. The number of hydrogen-bond donors (Lipinski definition) is 2. The van der Waals surface area contributed by atoms with Gasteiger partial charge in [0.15, 0.2) is 5.69 Å². The van der Waals surface area contributed by atoms with Crippen molar-refractivity contribution in [2.24, 2.45) is 0 Å². The number of anilines is 1. The molecule has 0 unspecified atom stereocenters. The Kier molecular flexibility index (Phi) is 7.39. The molecule has 2 aromatic rings. The van der Waals surface area contributed by atoms with E-state index in [1.807, 2.05) is 4.68 Å². The number of rotatable bonds is 5. The number of benzene rings is 1. The van der Waals surface area contributed by atoms with E-state index in [4.69, 9.17) is 0 Å². The van der Waals surface area contributed by atoms with Gasteiger partial charge in [-0.2, -0.15) is 0 Å². The van der Waals surface area contributed by atoms with Gasteiger partial charge in [-0.1, -0.05) is 51.1 Å². The molecule has 1 amide bonds. The third-order valence-corrected chi connectivity index (χ3v) is 5.04. The average molecular weight is 392 g/mol. The van der Waals surface area contributed by atoms with Crippen LogP contribution in [0, 0.1) is 0 Å². The maximum absolute atomic E-state index is 12.8. The van der Waals surface area contributed by atoms with Crippen LogP contribution in [0.5, 0.6) is 0 Å². The van der Waals surface area contributed by atoms with Crippen LogP contribution < -0.4 is 10.6 Å². The van der Waals surface area contributed by atoms with Crippen LogP contribution in [-0.2, 0) is 0 Å². The Morgan fingerprint density at radius 1 is 1.15 bits per heavy atom. The lowest BCUT2D eigenvalue weighted by Gasteiger charge is -2.22. The van der Waals surface area contributed by atoms with Crippen molar-refractivity contribution < 1.29 is 4.79 Å². The first kappa shape index (κ1) is 21.4. The summed E-state index contributed by atoms with van der Waals surface area (Å²) in [5, 5.41) is 14.8. The zero-order valence-corrected chi connectivity index (χ0v) is 17.3. The van der Waals surface area contributed by atoms with Gasteiger partial charge in [-0.25, -0.2) is 4.68 Å². The molecule has 1 saturated heterocycles. The number of para-hydroxylation sites is 1. The number of hydrogen-bond acceptors (Lipinski definition) is 4. The molecule has 0 bridgehead atoms. The zero-order valence-electron chi connectivity index (χ0n) is 16.5. The third kappa shape index (κ3) is 4.87. The van der Waals surface area contributed by atoms with Gasteiger partial charge in [0, 0.05) is 5.69 Å². The number of aromatic nitrogens is 3. The van der Waals surface area contributed by atoms with E-state index >= 15 is 0 Å². The largest absolute Gasteiger partial charge is 0.320 e. The van der Waals surface area contributed by atoms with E-state index in [1.54, 1.807) is 6.20 Å². The Balaban J connectivity index is 0.00000261. The molecule has 2 N–H and O–H groups in total. The first-order valence-corrected chi connectivity index (χ1v) is 9.54. The summed E-state index contributed by atoms with van der Waals surface area (Å²) in [6.07, 6.45) is 3.80. The number of carbonyl (C=O) groups excluding carboxylic acids is 1. The minimum absolute atomic E-state index is 0. The fraction of sp³-hybridized carbons (Fsp3) is 0.550. The van der Waals surface area contributed by atoms with Gasteiger partial charge in [-0.3, -0.25) is 4.79 Å². The van der Waals surface area contributed by atoms with Gasteiger partial charge < -0.3 is 10.6 Å². The van der Waals surface area contributed by atoms with Crippen LogP contribution in [0.2, 0.25) is 0 Å². The zero-order chi connectivity index (χ0) is 18.7. The van der Waals surface area contributed by atoms with Crippen molar-refractivity contribution in [1.82, 2.24) is 20.3 Å². The quantitative estimate of drug-likeness (QED) is 0.804. The summed E-state index contributed by atoms with van der Waals surface area (Å²) in [5.74, 6) is 0.462. The molecule has 148 valence electrons. The van der Waals surface area contributed by atoms with Crippen molar-refractivity contribution >= 4 is 24.0 Å². The summed E-state index contributed by atoms with van der Waals surface area (Å²) in [6, 6.07) is 6.54. The molecule has 1 aromatic carbocycles. The second kappa shape index (κ2) is 9.33. The average Bonchev–Trinajstić information content (AvgIpc) is 3.12. The molecule has 1 aliphatic rings. The molecule has 2 heterocycles. The minimum Gasteiger partial charge on any atom is -0.320 e. The van der Waals surface area contributed by atoms with E-state index in [0.29, 0.717) is 23.6 Å². The molecular formula is C20H30ClN5O. The van der Waals surface area contributed by atoms with Crippen LogP contribution in [0.4, 0.5) is 5.69 Å². The molecule has 0 saturated carbocycles. The van der Waals surface area contributed by atoms with E-state index < -0.39 is 0 Å². The van der Waals surface area contributed by atoms with Crippen molar-refractivity contribution in [3.63, 3.8) is 0 Å². The predicted octanol–water partition coefficient (Wildman–Crippen LogP) is 4.12. The minimum atomic E-state index is -0.194. The lowest BCUT2D eigenvalue weighted by atomic mass is 9.92. The van der Waals surface area contributed by atoms with Crippen molar-refractivity contribution in [1.29, 1.82) is 0 Å². The molecule has 0 radical (unpaired) electrons. The van der Waals surface area contributed by atoms with Crippen molar-refractivity contribution in [3.05, 3.63) is 41.2 Å². The Labute approximate surface area is 167 Å². The van der Waals surface area contributed by atoms with E-state index in [-0.39, 0.29) is 18.3 Å². The number of nitrogens with one attached hydrogen (secondary N) is 2. The molecule has 0 atom stereocenters. The van der Waals surface area contributed by atoms with Gasteiger partial charge in [-0.15, -0.1) is 17.5 Å². The third-order valence-electron chi connectivity index (χ3n) is 5.04. The van der Waals surface area contributed by atoms with Crippen LogP contribution in [0.25, 0.3) is 0 Å². The normalized spacial score (nSPS) is 15.0. The molecular weight excluding hydrogens is 362 g/mol. The van der Waals surface area contributed by atoms with E-state index in [0.717, 1.165) is 42.7 Å². The highest BCUT2D eigenvalue weighted by molar-refractivity contribution is 6.03. The maximum atomic E-state index is 12.8. The predicted molar refractivity (Wildman–Crippen MR) is 111 cm³/mol. The summed E-state index contributed by atoms with van der Waals surface area (Å²) in [6.45, 7) is 10.5. The van der Waals surface area contributed by atoms with Crippen molar-refractivity contribution in [3.8, 4) is 0 Å². The maximum Gasteiger partial charge on any atom is 0.277 e. The second-order valence-electron chi connectivity index (χ2n) is 7.64. The van der Waals surface area contributed by atoms with E-state index in [1.165, 1.54) is 0 Å². The molecule has 1 fully saturated rings. The van der Waals surface area contributed by atoms with Gasteiger partial charge in [-0.05, 0) is 48.9 Å². The molecule has 1 aromatic heterocycles. The Morgan fingerprint density at radius 2 is 1.74 bits per heavy atom. The van der Waals surface area contributed by atoms with Crippen LogP contribution in [0.15, 0.2) is 24.4 Å². The standard InChI is InChI=1S/C20H29N5O.ClH/c1-13(2)16-6-5-7-17(14(3)4)19(16)22-20(26)18-12-25(24-23-18)15-8-10-21-11-9-15;/h5-7,12-15,21H,8-11H2,1-4H3,(H,22,26);1H. The van der Waals surface area contributed by atoms with Gasteiger partial charge in [0.2, 0.25) is 0 Å². The molecule has 0 aliphatic carbocycles. The molecule has 27 heavy (non-hydrogen) atoms. The fourth-order valence-electron chi connectivity index (χ4n) is 3.50. The lowest BCUT2D eigenvalue weighted by molar-refractivity contribution is 0.102. The summed E-state index contributed by atoms with van der Waals surface area (Å²) in [7, 11) is 0. The van der Waals surface area contributed by atoms with E-state index in [2.05, 4.69) is 66.8 Å². The summed E-state index contributed by atoms with van der Waals surface area (Å²) < 4.78 is 1.84. The highest BCUT2D eigenvalue weighted by Gasteiger charge is 2.21. The SMILES string of the molecule is CC(C)c1cccc(C(C)C)c1NC(=O)c1cn(C2CCNCC2)nn1.Cl. The first-order valence-electron chi connectivity index (χ1n) is 9.54. The molecule has 1 aliphatic heterocycles. The van der Waals surface area contributed by atoms with Gasteiger partial charge >= 0.3 is 0 Å². The first-order chi connectivity index (χ1) is 12.5. The van der Waals surface area contributed by atoms with Crippen LogP contribution in [0.3, 0.4) is 0 Å². The van der Waals surface area contributed by atoms with Crippen LogP contribution in [0.1, 0.15) is 80.0 Å². The number of halogens is 1. The number of piperidine rings is 1. The van der Waals surface area contributed by atoms with Gasteiger partial charge in [0.1, 0.15) is 0 Å². The molecule has 6 nitrogen and oxygen atoms in total. The molecule has 7 heteroatoms. The lowest BCUT2D eigenvalue weighted by Crippen LogP contribution is -2.29. The highest BCUT2D eigenvalue weighted by Crippen LogP contribution is 2.32.